The molecule has 0 saturated heterocycles. The average molecular weight is 383 g/mol. The summed E-state index contributed by atoms with van der Waals surface area (Å²) in [5.41, 5.74) is 4.73. The molecule has 1 heterocycles. The van der Waals surface area contributed by atoms with Crippen molar-refractivity contribution < 1.29 is 23.8 Å². The molecule has 0 aromatic heterocycles. The second-order valence-electron chi connectivity index (χ2n) is 4.14. The topological polar surface area (TPSA) is 102 Å². The first-order valence-electron chi connectivity index (χ1n) is 6.32. The van der Waals surface area contributed by atoms with E-state index >= 15 is 0 Å². The molecule has 1 aliphatic rings. The van der Waals surface area contributed by atoms with Gasteiger partial charge < -0.3 is 20.0 Å². The molecule has 0 saturated carbocycles. The molecule has 0 atom stereocenters. The van der Waals surface area contributed by atoms with Crippen LogP contribution in [0.1, 0.15) is 0 Å². The first kappa shape index (κ1) is 16.9. The van der Waals surface area contributed by atoms with Gasteiger partial charge in [0.2, 0.25) is 0 Å². The van der Waals surface area contributed by atoms with E-state index in [2.05, 4.69) is 40.9 Å². The fraction of sp³-hybridized carbons (Fsp3) is 0.0714. The standard InChI is InChI=1S/C12H9AsO.C2H6NO4P/c1-3-7-11-9(5-1)13-10-6-2-4-8-12(10)14-11;3-1-2(4)7-8(5)6/h1-8,13H;5-6H,1,3H2. The summed E-state index contributed by atoms with van der Waals surface area (Å²) in [4.78, 5) is 25.9. The molecule has 0 fully saturated rings. The van der Waals surface area contributed by atoms with Gasteiger partial charge in [-0.1, -0.05) is 0 Å². The molecule has 0 spiro atoms. The summed E-state index contributed by atoms with van der Waals surface area (Å²) in [6.45, 7) is -0.333. The summed E-state index contributed by atoms with van der Waals surface area (Å²) in [6.07, 6.45) is 0. The van der Waals surface area contributed by atoms with Gasteiger partial charge in [-0.05, 0) is 0 Å². The summed E-state index contributed by atoms with van der Waals surface area (Å²) in [5.74, 6) is 1.28. The Labute approximate surface area is 135 Å². The Hall–Kier alpha value is -1.42. The number of hydrogen-bond donors (Lipinski definition) is 3. The van der Waals surface area contributed by atoms with Gasteiger partial charge in [-0.3, -0.25) is 4.79 Å². The van der Waals surface area contributed by atoms with Crippen LogP contribution in [0.15, 0.2) is 48.5 Å². The molecule has 1 aliphatic heterocycles. The first-order valence-corrected chi connectivity index (χ1v) is 9.58. The van der Waals surface area contributed by atoms with Gasteiger partial charge in [0.1, 0.15) is 0 Å². The minimum absolute atomic E-state index is 0.190. The van der Waals surface area contributed by atoms with Gasteiger partial charge in [-0.2, -0.15) is 0 Å². The van der Waals surface area contributed by atoms with Gasteiger partial charge in [0, 0.05) is 0 Å². The molecule has 4 N–H and O–H groups in total. The quantitative estimate of drug-likeness (QED) is 0.421. The third-order valence-electron chi connectivity index (χ3n) is 2.61. The Balaban J connectivity index is 0.000000192. The Bertz CT molecular complexity index is 565. The monoisotopic (exact) mass is 383 g/mol. The van der Waals surface area contributed by atoms with E-state index < -0.39 is 14.6 Å². The summed E-state index contributed by atoms with van der Waals surface area (Å²) >= 11 is -0.190. The molecule has 3 rings (SSSR count). The van der Waals surface area contributed by atoms with E-state index in [0.29, 0.717) is 0 Å². The van der Waals surface area contributed by atoms with Crippen molar-refractivity contribution in [1.29, 1.82) is 0 Å². The van der Waals surface area contributed by atoms with Gasteiger partial charge in [0.05, 0.1) is 6.54 Å². The van der Waals surface area contributed by atoms with Crippen molar-refractivity contribution in [2.75, 3.05) is 6.54 Å². The zero-order valence-electron chi connectivity index (χ0n) is 11.5. The maximum atomic E-state index is 9.97. The van der Waals surface area contributed by atoms with Crippen molar-refractivity contribution in [3.8, 4) is 11.5 Å². The van der Waals surface area contributed by atoms with Crippen LogP contribution in [0, 0.1) is 0 Å². The molecular formula is C14H15AsNO5P. The van der Waals surface area contributed by atoms with E-state index in [1.807, 2.05) is 12.1 Å². The van der Waals surface area contributed by atoms with E-state index in [0.717, 1.165) is 11.5 Å². The van der Waals surface area contributed by atoms with E-state index in [9.17, 15) is 4.79 Å². The van der Waals surface area contributed by atoms with Crippen LogP contribution in [0.25, 0.3) is 0 Å². The molecule has 0 aliphatic carbocycles. The predicted octanol–water partition coefficient (Wildman–Crippen LogP) is -0.121. The molecule has 0 unspecified atom stereocenters. The van der Waals surface area contributed by atoms with Gasteiger partial charge in [0.25, 0.3) is 0 Å². The van der Waals surface area contributed by atoms with Crippen LogP contribution in [0.5, 0.6) is 11.5 Å². The number of para-hydroxylation sites is 2. The number of rotatable bonds is 2. The minimum atomic E-state index is -2.58. The summed E-state index contributed by atoms with van der Waals surface area (Å²) in [7, 11) is -2.58. The SMILES string of the molecule is NCC(=O)OP(O)O.c1ccc2c(c1)Oc1ccccc1[AsH]2. The van der Waals surface area contributed by atoms with Gasteiger partial charge in [-0.25, -0.2) is 0 Å². The fourth-order valence-corrected chi connectivity index (χ4v) is 4.41. The number of hydrogen-bond acceptors (Lipinski definition) is 6. The zero-order valence-corrected chi connectivity index (χ0v) is 14.5. The van der Waals surface area contributed by atoms with E-state index in [1.165, 1.54) is 8.70 Å². The molecule has 0 radical (unpaired) electrons. The summed E-state index contributed by atoms with van der Waals surface area (Å²) < 4.78 is 12.4. The Kier molecular flexibility index (Phi) is 6.37. The summed E-state index contributed by atoms with van der Waals surface area (Å²) in [6, 6.07) is 16.7. The van der Waals surface area contributed by atoms with Gasteiger partial charge in [0.15, 0.2) is 0 Å². The van der Waals surface area contributed by atoms with Crippen molar-refractivity contribution in [2.24, 2.45) is 5.73 Å². The van der Waals surface area contributed by atoms with Crippen LogP contribution >= 0.6 is 8.60 Å². The van der Waals surface area contributed by atoms with Crippen LogP contribution in [0.2, 0.25) is 0 Å². The molecular weight excluding hydrogens is 368 g/mol. The number of benzene rings is 2. The number of carbonyl (C=O) groups is 1. The number of fused-ring (bicyclic) bond motifs is 2. The van der Waals surface area contributed by atoms with Crippen molar-refractivity contribution in [3.05, 3.63) is 48.5 Å². The van der Waals surface area contributed by atoms with Crippen LogP contribution in [-0.4, -0.2) is 38.1 Å². The van der Waals surface area contributed by atoms with Crippen molar-refractivity contribution >= 4 is 39.0 Å². The third-order valence-corrected chi connectivity index (χ3v) is 5.84. The number of carbonyl (C=O) groups excluding carboxylic acids is 1. The number of nitrogens with two attached hydrogens (primary N) is 1. The Morgan fingerprint density at radius 3 is 2.00 bits per heavy atom. The van der Waals surface area contributed by atoms with Crippen LogP contribution in [-0.2, 0) is 9.32 Å². The zero-order chi connectivity index (χ0) is 15.9. The fourth-order valence-electron chi connectivity index (χ4n) is 1.71. The first-order chi connectivity index (χ1) is 10.6. The molecule has 116 valence electrons. The molecule has 8 heteroatoms. The molecule has 2 aromatic carbocycles. The van der Waals surface area contributed by atoms with Crippen molar-refractivity contribution in [1.82, 2.24) is 0 Å². The third kappa shape index (κ3) is 4.80. The van der Waals surface area contributed by atoms with Gasteiger partial charge in [-0.15, -0.1) is 0 Å². The number of ether oxygens (including phenoxy) is 1. The Morgan fingerprint density at radius 2 is 1.59 bits per heavy atom. The van der Waals surface area contributed by atoms with Crippen LogP contribution < -0.4 is 19.2 Å². The molecule has 0 bridgehead atoms. The van der Waals surface area contributed by atoms with Crippen LogP contribution in [0.3, 0.4) is 0 Å². The Morgan fingerprint density at radius 1 is 1.09 bits per heavy atom. The normalized spacial score (nSPS) is 11.5. The molecule has 0 amide bonds. The van der Waals surface area contributed by atoms with Crippen molar-refractivity contribution in [2.45, 2.75) is 0 Å². The van der Waals surface area contributed by atoms with Gasteiger partial charge >= 0.3 is 104 Å². The summed E-state index contributed by atoms with van der Waals surface area (Å²) in [5, 5.41) is 0. The van der Waals surface area contributed by atoms with E-state index in [-0.39, 0.29) is 22.3 Å². The second kappa shape index (κ2) is 8.27. The average Bonchev–Trinajstić information content (AvgIpc) is 2.52. The molecule has 2 aromatic rings. The molecule has 6 nitrogen and oxygen atoms in total. The predicted molar refractivity (Wildman–Crippen MR) is 85.9 cm³/mol. The molecule has 22 heavy (non-hydrogen) atoms. The maximum absolute atomic E-state index is 9.97. The van der Waals surface area contributed by atoms with E-state index in [1.54, 1.807) is 0 Å². The second-order valence-corrected chi connectivity index (χ2v) is 7.61. The van der Waals surface area contributed by atoms with Crippen molar-refractivity contribution in [3.63, 3.8) is 0 Å². The van der Waals surface area contributed by atoms with Crippen LogP contribution in [0.4, 0.5) is 0 Å². The van der Waals surface area contributed by atoms with E-state index in [4.69, 9.17) is 20.3 Å².